The molecule has 1 amide bonds. The van der Waals surface area contributed by atoms with E-state index in [4.69, 9.17) is 27.9 Å². The normalized spacial score (nSPS) is 12.0. The predicted octanol–water partition coefficient (Wildman–Crippen LogP) is 5.27. The monoisotopic (exact) mass is 440 g/mol. The number of hydrogen-bond donors (Lipinski definition) is 0. The van der Waals surface area contributed by atoms with Crippen molar-refractivity contribution < 1.29 is 9.53 Å². The van der Waals surface area contributed by atoms with Gasteiger partial charge in [0.1, 0.15) is 0 Å². The molecule has 3 aromatic rings. The Morgan fingerprint density at radius 3 is 2.74 bits per heavy atom. The maximum absolute atomic E-state index is 12.4. The number of ether oxygens (including phenoxy) is 1. The third-order valence-electron chi connectivity index (χ3n) is 3.80. The summed E-state index contributed by atoms with van der Waals surface area (Å²) in [5.74, 6) is 0.528. The predicted molar refractivity (Wildman–Crippen MR) is 114 cm³/mol. The minimum atomic E-state index is -0.154. The maximum atomic E-state index is 12.4. The number of thiazole rings is 1. The third-order valence-corrected chi connectivity index (χ3v) is 6.65. The van der Waals surface area contributed by atoms with Crippen LogP contribution in [0.4, 0.5) is 0 Å². The molecular weight excluding hydrogens is 423 g/mol. The Hall–Kier alpha value is -1.31. The maximum Gasteiger partial charge on any atom is 0.249 e. The van der Waals surface area contributed by atoms with E-state index in [0.29, 0.717) is 40.2 Å². The van der Waals surface area contributed by atoms with E-state index in [1.807, 2.05) is 41.0 Å². The zero-order valence-corrected chi connectivity index (χ0v) is 17.8. The molecule has 3 rings (SSSR count). The molecule has 27 heavy (non-hydrogen) atoms. The van der Waals surface area contributed by atoms with E-state index in [1.54, 1.807) is 24.9 Å². The van der Waals surface area contributed by atoms with Gasteiger partial charge in [0.2, 0.25) is 5.91 Å². The van der Waals surface area contributed by atoms with Crippen molar-refractivity contribution in [3.63, 3.8) is 0 Å². The van der Waals surface area contributed by atoms with Crippen molar-refractivity contribution in [3.05, 3.63) is 57.3 Å². The van der Waals surface area contributed by atoms with Crippen LogP contribution in [0.5, 0.6) is 0 Å². The molecule has 8 heteroatoms. The Balaban J connectivity index is 1.83. The van der Waals surface area contributed by atoms with Crippen molar-refractivity contribution in [3.8, 4) is 0 Å². The van der Waals surface area contributed by atoms with Gasteiger partial charge >= 0.3 is 0 Å². The number of halogens is 2. The molecule has 0 spiro atoms. The highest BCUT2D eigenvalue weighted by atomic mass is 35.5. The summed E-state index contributed by atoms with van der Waals surface area (Å²) in [7, 11) is 1.63. The lowest BCUT2D eigenvalue weighted by Gasteiger charge is -2.06. The number of carbonyl (C=O) groups excluding carboxylic acids is 1. The van der Waals surface area contributed by atoms with Gasteiger partial charge in [-0.2, -0.15) is 4.99 Å². The molecule has 0 atom stereocenters. The Morgan fingerprint density at radius 1 is 1.22 bits per heavy atom. The summed E-state index contributed by atoms with van der Waals surface area (Å²) < 4.78 is 8.02. The number of fused-ring (bicyclic) bond motifs is 1. The number of rotatable bonds is 7. The van der Waals surface area contributed by atoms with Crippen LogP contribution < -0.4 is 4.80 Å². The summed E-state index contributed by atoms with van der Waals surface area (Å²) in [5, 5.41) is 0.945. The fourth-order valence-electron chi connectivity index (χ4n) is 2.51. The Morgan fingerprint density at radius 2 is 2.00 bits per heavy atom. The van der Waals surface area contributed by atoms with Crippen LogP contribution in [0.2, 0.25) is 10.0 Å². The van der Waals surface area contributed by atoms with Gasteiger partial charge in [0.25, 0.3) is 0 Å². The summed E-state index contributed by atoms with van der Waals surface area (Å²) in [6.07, 6.45) is 0.368. The minimum Gasteiger partial charge on any atom is -0.383 e. The molecule has 0 N–H and O–H groups in total. The average Bonchev–Trinajstić information content (AvgIpc) is 3.01. The number of aromatic nitrogens is 1. The Kier molecular flexibility index (Phi) is 7.38. The second-order valence-corrected chi connectivity index (χ2v) is 8.62. The summed E-state index contributed by atoms with van der Waals surface area (Å²) in [6.45, 7) is 1.03. The van der Waals surface area contributed by atoms with E-state index in [9.17, 15) is 4.79 Å². The highest BCUT2D eigenvalue weighted by molar-refractivity contribution is 7.99. The fraction of sp³-hybridized carbons (Fsp3) is 0.263. The number of carbonyl (C=O) groups is 1. The highest BCUT2D eigenvalue weighted by Crippen LogP contribution is 2.32. The van der Waals surface area contributed by atoms with Crippen molar-refractivity contribution in [1.82, 2.24) is 4.57 Å². The van der Waals surface area contributed by atoms with Crippen LogP contribution in [0.3, 0.4) is 0 Å². The quantitative estimate of drug-likeness (QED) is 0.470. The smallest absolute Gasteiger partial charge is 0.249 e. The first-order valence-electron chi connectivity index (χ1n) is 8.32. The molecule has 0 saturated heterocycles. The summed E-state index contributed by atoms with van der Waals surface area (Å²) >= 11 is 15.6. The van der Waals surface area contributed by atoms with Crippen LogP contribution in [-0.4, -0.2) is 29.9 Å². The van der Waals surface area contributed by atoms with Crippen LogP contribution in [0.1, 0.15) is 6.42 Å². The standard InChI is InChI=1S/C19H18Cl2N2O2S2/c1-25-11-10-23-18-15(8-7-14(20)17(18)21)27-19(23)22-16(24)9-12-26-13-5-3-2-4-6-13/h2-8H,9-12H2,1H3. The second kappa shape index (κ2) is 9.75. The van der Waals surface area contributed by atoms with Crippen molar-refractivity contribution >= 4 is 62.4 Å². The van der Waals surface area contributed by atoms with Gasteiger partial charge in [-0.1, -0.05) is 52.7 Å². The zero-order valence-electron chi connectivity index (χ0n) is 14.7. The van der Waals surface area contributed by atoms with Crippen molar-refractivity contribution in [2.75, 3.05) is 19.5 Å². The van der Waals surface area contributed by atoms with Crippen molar-refractivity contribution in [1.29, 1.82) is 0 Å². The first kappa shape index (κ1) is 20.4. The molecule has 0 radical (unpaired) electrons. The van der Waals surface area contributed by atoms with Crippen molar-refractivity contribution in [2.24, 2.45) is 4.99 Å². The van der Waals surface area contributed by atoms with Gasteiger partial charge in [-0.05, 0) is 24.3 Å². The molecule has 0 unspecified atom stereocenters. The van der Waals surface area contributed by atoms with Gasteiger partial charge < -0.3 is 9.30 Å². The summed E-state index contributed by atoms with van der Waals surface area (Å²) in [6, 6.07) is 13.7. The van der Waals surface area contributed by atoms with Crippen LogP contribution in [0, 0.1) is 0 Å². The van der Waals surface area contributed by atoms with Crippen LogP contribution >= 0.6 is 46.3 Å². The molecule has 0 aliphatic rings. The lowest BCUT2D eigenvalue weighted by atomic mass is 10.3. The van der Waals surface area contributed by atoms with E-state index in [0.717, 1.165) is 15.1 Å². The molecule has 142 valence electrons. The van der Waals surface area contributed by atoms with Crippen LogP contribution in [-0.2, 0) is 16.1 Å². The molecule has 1 aromatic heterocycles. The Labute approximate surface area is 175 Å². The minimum absolute atomic E-state index is 0.154. The van der Waals surface area contributed by atoms with Gasteiger partial charge in [-0.25, -0.2) is 0 Å². The van der Waals surface area contributed by atoms with E-state index < -0.39 is 0 Å². The number of amides is 1. The molecule has 0 aliphatic heterocycles. The van der Waals surface area contributed by atoms with Gasteiger partial charge in [0.15, 0.2) is 4.80 Å². The van der Waals surface area contributed by atoms with Crippen LogP contribution in [0.25, 0.3) is 10.2 Å². The molecule has 0 aliphatic carbocycles. The summed E-state index contributed by atoms with van der Waals surface area (Å²) in [4.78, 5) is 18.5. The number of methoxy groups -OCH3 is 1. The number of benzene rings is 2. The number of nitrogens with zero attached hydrogens (tertiary/aromatic N) is 2. The molecule has 2 aromatic carbocycles. The topological polar surface area (TPSA) is 43.6 Å². The lowest BCUT2D eigenvalue weighted by molar-refractivity contribution is -0.117. The molecule has 1 heterocycles. The molecule has 0 saturated carbocycles. The first-order valence-corrected chi connectivity index (χ1v) is 10.9. The Bertz CT molecular complexity index is 1000. The molecule has 4 nitrogen and oxygen atoms in total. The van der Waals surface area contributed by atoms with E-state index >= 15 is 0 Å². The molecule has 0 bridgehead atoms. The van der Waals surface area contributed by atoms with Gasteiger partial charge in [0, 0.05) is 30.7 Å². The largest absolute Gasteiger partial charge is 0.383 e. The van der Waals surface area contributed by atoms with E-state index in [2.05, 4.69) is 4.99 Å². The fourth-order valence-corrected chi connectivity index (χ4v) is 4.93. The zero-order chi connectivity index (χ0) is 19.2. The lowest BCUT2D eigenvalue weighted by Crippen LogP contribution is -2.19. The first-order chi connectivity index (χ1) is 13.1. The SMILES string of the molecule is COCCn1c(=NC(=O)CCSc2ccccc2)sc2ccc(Cl)c(Cl)c21. The third kappa shape index (κ3) is 5.15. The average molecular weight is 441 g/mol. The van der Waals surface area contributed by atoms with Crippen LogP contribution in [0.15, 0.2) is 52.4 Å². The summed E-state index contributed by atoms with van der Waals surface area (Å²) in [5.41, 5.74) is 0.788. The van der Waals surface area contributed by atoms with Gasteiger partial charge in [-0.3, -0.25) is 4.79 Å². The second-order valence-electron chi connectivity index (χ2n) is 5.65. The van der Waals surface area contributed by atoms with E-state index in [1.165, 1.54) is 11.3 Å². The van der Waals surface area contributed by atoms with Gasteiger partial charge in [0.05, 0.1) is 26.9 Å². The van der Waals surface area contributed by atoms with Crippen molar-refractivity contribution in [2.45, 2.75) is 17.9 Å². The van der Waals surface area contributed by atoms with Gasteiger partial charge in [-0.15, -0.1) is 11.8 Å². The highest BCUT2D eigenvalue weighted by Gasteiger charge is 2.13. The molecular formula is C19H18Cl2N2O2S2. The number of hydrogen-bond acceptors (Lipinski definition) is 4. The molecule has 0 fully saturated rings. The van der Waals surface area contributed by atoms with E-state index in [-0.39, 0.29) is 5.91 Å². The number of thioether (sulfide) groups is 1.